The zero-order valence-corrected chi connectivity index (χ0v) is 7.86. The molecule has 13 heavy (non-hydrogen) atoms. The highest BCUT2D eigenvalue weighted by atomic mass is 16.4. The van der Waals surface area contributed by atoms with Crippen molar-refractivity contribution < 1.29 is 9.90 Å². The van der Waals surface area contributed by atoms with Gasteiger partial charge in [-0.3, -0.25) is 9.69 Å². The standard InChI is InChI=1S/C10H15NO2/c1-3-4-8(2)5-11-6-9(7-11)10(12)13/h3-4,9H,1,5-7H2,2H3,(H,12,13)/b8-4+. The lowest BCUT2D eigenvalue weighted by atomic mass is 10.00. The number of allylic oxidation sites excluding steroid dienone is 2. The molecular formula is C10H15NO2. The summed E-state index contributed by atoms with van der Waals surface area (Å²) in [6, 6.07) is 0. The van der Waals surface area contributed by atoms with E-state index in [2.05, 4.69) is 11.5 Å². The fourth-order valence-electron chi connectivity index (χ4n) is 1.46. The average Bonchev–Trinajstić information content (AvgIpc) is 1.95. The molecule has 0 amide bonds. The second-order valence-electron chi connectivity index (χ2n) is 3.48. The predicted molar refractivity (Wildman–Crippen MR) is 51.5 cm³/mol. The number of hydrogen-bond acceptors (Lipinski definition) is 2. The van der Waals surface area contributed by atoms with Crippen LogP contribution in [0.25, 0.3) is 0 Å². The molecule has 0 aromatic rings. The Morgan fingerprint density at radius 3 is 2.77 bits per heavy atom. The van der Waals surface area contributed by atoms with Gasteiger partial charge >= 0.3 is 5.97 Å². The lowest BCUT2D eigenvalue weighted by Crippen LogP contribution is -2.50. The van der Waals surface area contributed by atoms with E-state index in [1.807, 2.05) is 13.0 Å². The highest BCUT2D eigenvalue weighted by Crippen LogP contribution is 2.16. The smallest absolute Gasteiger partial charge is 0.309 e. The van der Waals surface area contributed by atoms with Gasteiger partial charge in [-0.15, -0.1) is 0 Å². The first-order valence-corrected chi connectivity index (χ1v) is 4.37. The van der Waals surface area contributed by atoms with E-state index >= 15 is 0 Å². The molecule has 3 heteroatoms. The zero-order valence-electron chi connectivity index (χ0n) is 7.86. The third kappa shape index (κ3) is 2.70. The summed E-state index contributed by atoms with van der Waals surface area (Å²) in [4.78, 5) is 12.6. The van der Waals surface area contributed by atoms with Crippen molar-refractivity contribution in [2.75, 3.05) is 19.6 Å². The summed E-state index contributed by atoms with van der Waals surface area (Å²) < 4.78 is 0. The van der Waals surface area contributed by atoms with Crippen LogP contribution < -0.4 is 0 Å². The molecule has 0 unspecified atom stereocenters. The van der Waals surface area contributed by atoms with Crippen molar-refractivity contribution in [1.82, 2.24) is 4.90 Å². The van der Waals surface area contributed by atoms with Gasteiger partial charge in [-0.1, -0.05) is 24.3 Å². The molecule has 0 spiro atoms. The highest BCUT2D eigenvalue weighted by Gasteiger charge is 2.31. The minimum atomic E-state index is -0.679. The zero-order chi connectivity index (χ0) is 9.84. The molecule has 0 radical (unpaired) electrons. The van der Waals surface area contributed by atoms with Crippen LogP contribution in [0.1, 0.15) is 6.92 Å². The molecule has 1 N–H and O–H groups in total. The van der Waals surface area contributed by atoms with Crippen LogP contribution in [0.5, 0.6) is 0 Å². The van der Waals surface area contributed by atoms with Crippen LogP contribution in [-0.2, 0) is 4.79 Å². The number of carboxylic acids is 1. The number of carbonyl (C=O) groups is 1. The lowest BCUT2D eigenvalue weighted by Gasteiger charge is -2.36. The Balaban J connectivity index is 2.25. The van der Waals surface area contributed by atoms with E-state index in [0.29, 0.717) is 13.1 Å². The summed E-state index contributed by atoms with van der Waals surface area (Å²) in [5, 5.41) is 8.63. The van der Waals surface area contributed by atoms with Crippen molar-refractivity contribution in [2.24, 2.45) is 5.92 Å². The number of hydrogen-bond donors (Lipinski definition) is 1. The molecule has 0 saturated carbocycles. The Hall–Kier alpha value is -1.09. The van der Waals surface area contributed by atoms with Crippen LogP contribution >= 0.6 is 0 Å². The summed E-state index contributed by atoms with van der Waals surface area (Å²) in [7, 11) is 0. The molecule has 1 fully saturated rings. The molecule has 0 bridgehead atoms. The van der Waals surface area contributed by atoms with Crippen molar-refractivity contribution in [2.45, 2.75) is 6.92 Å². The molecule has 72 valence electrons. The van der Waals surface area contributed by atoms with Gasteiger partial charge in [-0.25, -0.2) is 0 Å². The summed E-state index contributed by atoms with van der Waals surface area (Å²) >= 11 is 0. The number of aliphatic carboxylic acids is 1. The maximum atomic E-state index is 10.5. The molecule has 0 aromatic carbocycles. The Labute approximate surface area is 78.4 Å². The number of likely N-dealkylation sites (tertiary alicyclic amines) is 1. The van der Waals surface area contributed by atoms with Gasteiger partial charge in [0.1, 0.15) is 0 Å². The fraction of sp³-hybridized carbons (Fsp3) is 0.500. The van der Waals surface area contributed by atoms with E-state index in [4.69, 9.17) is 5.11 Å². The molecule has 1 rings (SSSR count). The van der Waals surface area contributed by atoms with E-state index in [1.54, 1.807) is 6.08 Å². The lowest BCUT2D eigenvalue weighted by molar-refractivity contribution is -0.147. The van der Waals surface area contributed by atoms with E-state index < -0.39 is 5.97 Å². The van der Waals surface area contributed by atoms with Crippen molar-refractivity contribution in [3.8, 4) is 0 Å². The summed E-state index contributed by atoms with van der Waals surface area (Å²) in [5.74, 6) is -0.835. The molecule has 0 aliphatic carbocycles. The maximum Gasteiger partial charge on any atom is 0.309 e. The number of carboxylic acid groups (broad SMARTS) is 1. The van der Waals surface area contributed by atoms with E-state index in [9.17, 15) is 4.79 Å². The summed E-state index contributed by atoms with van der Waals surface area (Å²) in [6.45, 7) is 7.84. The third-order valence-corrected chi connectivity index (χ3v) is 2.18. The first-order valence-electron chi connectivity index (χ1n) is 4.37. The van der Waals surface area contributed by atoms with Crippen molar-refractivity contribution in [3.05, 3.63) is 24.3 Å². The van der Waals surface area contributed by atoms with Crippen LogP contribution in [0.3, 0.4) is 0 Å². The van der Waals surface area contributed by atoms with Crippen LogP contribution in [0, 0.1) is 5.92 Å². The van der Waals surface area contributed by atoms with Crippen molar-refractivity contribution in [3.63, 3.8) is 0 Å². The van der Waals surface area contributed by atoms with Gasteiger partial charge < -0.3 is 5.11 Å². The minimum Gasteiger partial charge on any atom is -0.481 e. The first kappa shape index (κ1) is 9.99. The van der Waals surface area contributed by atoms with Crippen LogP contribution in [-0.4, -0.2) is 35.6 Å². The normalized spacial score (nSPS) is 19.6. The second kappa shape index (κ2) is 4.23. The van der Waals surface area contributed by atoms with Gasteiger partial charge in [0.15, 0.2) is 0 Å². The molecule has 1 saturated heterocycles. The number of rotatable bonds is 4. The van der Waals surface area contributed by atoms with Crippen LogP contribution in [0.15, 0.2) is 24.3 Å². The SMILES string of the molecule is C=C/C=C(\C)CN1CC(C(=O)O)C1. The fourth-order valence-corrected chi connectivity index (χ4v) is 1.46. The summed E-state index contributed by atoms with van der Waals surface area (Å²) in [6.07, 6.45) is 3.71. The molecular weight excluding hydrogens is 166 g/mol. The van der Waals surface area contributed by atoms with Crippen molar-refractivity contribution >= 4 is 5.97 Å². The van der Waals surface area contributed by atoms with E-state index in [-0.39, 0.29) is 5.92 Å². The van der Waals surface area contributed by atoms with E-state index in [0.717, 1.165) is 6.54 Å². The highest BCUT2D eigenvalue weighted by molar-refractivity contribution is 5.71. The molecule has 1 aliphatic heterocycles. The van der Waals surface area contributed by atoms with Crippen LogP contribution in [0.2, 0.25) is 0 Å². The van der Waals surface area contributed by atoms with Gasteiger partial charge in [0.2, 0.25) is 0 Å². The largest absolute Gasteiger partial charge is 0.481 e. The Kier molecular flexibility index (Phi) is 3.25. The first-order chi connectivity index (χ1) is 6.13. The molecule has 3 nitrogen and oxygen atoms in total. The molecule has 0 atom stereocenters. The van der Waals surface area contributed by atoms with Gasteiger partial charge in [-0.05, 0) is 6.92 Å². The number of nitrogens with zero attached hydrogens (tertiary/aromatic N) is 1. The van der Waals surface area contributed by atoms with Gasteiger partial charge in [0.25, 0.3) is 0 Å². The Morgan fingerprint density at radius 1 is 1.69 bits per heavy atom. The second-order valence-corrected chi connectivity index (χ2v) is 3.48. The molecule has 1 aliphatic rings. The predicted octanol–water partition coefficient (Wildman–Crippen LogP) is 1.14. The third-order valence-electron chi connectivity index (χ3n) is 2.18. The van der Waals surface area contributed by atoms with Gasteiger partial charge in [-0.2, -0.15) is 0 Å². The van der Waals surface area contributed by atoms with E-state index in [1.165, 1.54) is 5.57 Å². The minimum absolute atomic E-state index is 0.156. The quantitative estimate of drug-likeness (QED) is 0.661. The topological polar surface area (TPSA) is 40.5 Å². The molecule has 1 heterocycles. The Bertz CT molecular complexity index is 239. The average molecular weight is 181 g/mol. The molecule has 0 aromatic heterocycles. The van der Waals surface area contributed by atoms with Crippen molar-refractivity contribution in [1.29, 1.82) is 0 Å². The maximum absolute atomic E-state index is 10.5. The Morgan fingerprint density at radius 2 is 2.31 bits per heavy atom. The van der Waals surface area contributed by atoms with Gasteiger partial charge in [0, 0.05) is 19.6 Å². The van der Waals surface area contributed by atoms with Gasteiger partial charge in [0.05, 0.1) is 5.92 Å². The van der Waals surface area contributed by atoms with Crippen LogP contribution in [0.4, 0.5) is 0 Å². The monoisotopic (exact) mass is 181 g/mol. The summed E-state index contributed by atoms with van der Waals surface area (Å²) in [5.41, 5.74) is 1.22.